The summed E-state index contributed by atoms with van der Waals surface area (Å²) in [5.74, 6) is 1.29. The number of hydrogen-bond acceptors (Lipinski definition) is 2. The number of halogens is 1. The average molecular weight is 316 g/mol. The van der Waals surface area contributed by atoms with E-state index in [-0.39, 0.29) is 0 Å². The fourth-order valence-corrected chi connectivity index (χ4v) is 2.67. The molecule has 1 nitrogen and oxygen atoms in total. The summed E-state index contributed by atoms with van der Waals surface area (Å²) >= 11 is 5.45. The zero-order valence-electron chi connectivity index (χ0n) is 10.7. The number of unbranched alkanes of at least 4 members (excludes halogenated alkanes) is 2. The molecule has 0 saturated carbocycles. The molecule has 1 unspecified atom stereocenters. The largest absolute Gasteiger partial charge is 0.310 e. The molecule has 17 heavy (non-hydrogen) atoms. The van der Waals surface area contributed by atoms with Crippen LogP contribution in [0.25, 0.3) is 0 Å². The maximum absolute atomic E-state index is 3.58. The van der Waals surface area contributed by atoms with Crippen LogP contribution in [0.4, 0.5) is 0 Å². The number of nitrogens with one attached hydrogen (secondary N) is 1. The number of benzene rings is 1. The summed E-state index contributed by atoms with van der Waals surface area (Å²) in [5.41, 5.74) is 1.35. The molecular formula is C14H22BrNS. The van der Waals surface area contributed by atoms with Crippen molar-refractivity contribution in [3.05, 3.63) is 34.3 Å². The van der Waals surface area contributed by atoms with Crippen molar-refractivity contribution >= 4 is 27.7 Å². The lowest BCUT2D eigenvalue weighted by Gasteiger charge is -2.14. The van der Waals surface area contributed by atoms with Crippen LogP contribution in [0.2, 0.25) is 0 Å². The summed E-state index contributed by atoms with van der Waals surface area (Å²) in [5, 5.41) is 3.58. The molecule has 0 aliphatic carbocycles. The molecule has 0 heterocycles. The standard InChI is InChI=1S/C14H22BrNS/c1-12(13-7-6-8-14(15)11-13)16-9-4-3-5-10-17-2/h6-8,11-12,16H,3-5,9-10H2,1-2H3. The first-order valence-electron chi connectivity index (χ1n) is 6.22. The third-order valence-electron chi connectivity index (χ3n) is 2.82. The van der Waals surface area contributed by atoms with Gasteiger partial charge in [0.2, 0.25) is 0 Å². The van der Waals surface area contributed by atoms with Crippen LogP contribution in [0.1, 0.15) is 37.8 Å². The van der Waals surface area contributed by atoms with E-state index >= 15 is 0 Å². The Morgan fingerprint density at radius 2 is 2.12 bits per heavy atom. The van der Waals surface area contributed by atoms with Gasteiger partial charge in [-0.2, -0.15) is 11.8 Å². The highest BCUT2D eigenvalue weighted by Crippen LogP contribution is 2.17. The van der Waals surface area contributed by atoms with E-state index in [1.54, 1.807) is 0 Å². The van der Waals surface area contributed by atoms with Crippen molar-refractivity contribution in [2.24, 2.45) is 0 Å². The molecule has 1 atom stereocenters. The molecule has 1 rings (SSSR count). The summed E-state index contributed by atoms with van der Waals surface area (Å²) in [4.78, 5) is 0. The molecule has 0 bridgehead atoms. The van der Waals surface area contributed by atoms with Gasteiger partial charge in [0.25, 0.3) is 0 Å². The minimum atomic E-state index is 0.438. The van der Waals surface area contributed by atoms with Gasteiger partial charge in [0.1, 0.15) is 0 Å². The quantitative estimate of drug-likeness (QED) is 0.702. The summed E-state index contributed by atoms with van der Waals surface area (Å²) < 4.78 is 1.16. The fraction of sp³-hybridized carbons (Fsp3) is 0.571. The SMILES string of the molecule is CSCCCCCNC(C)c1cccc(Br)c1. The molecule has 0 amide bonds. The van der Waals surface area contributed by atoms with Crippen LogP contribution in [0.3, 0.4) is 0 Å². The second-order valence-electron chi connectivity index (χ2n) is 4.28. The summed E-state index contributed by atoms with van der Waals surface area (Å²) in [7, 11) is 0. The van der Waals surface area contributed by atoms with E-state index in [1.807, 2.05) is 11.8 Å². The van der Waals surface area contributed by atoms with Crippen molar-refractivity contribution in [1.29, 1.82) is 0 Å². The molecule has 0 saturated heterocycles. The van der Waals surface area contributed by atoms with Crippen LogP contribution < -0.4 is 5.32 Å². The molecule has 0 radical (unpaired) electrons. The van der Waals surface area contributed by atoms with Crippen molar-refractivity contribution in [2.75, 3.05) is 18.6 Å². The van der Waals surface area contributed by atoms with Gasteiger partial charge in [-0.15, -0.1) is 0 Å². The van der Waals surface area contributed by atoms with Crippen LogP contribution in [-0.4, -0.2) is 18.6 Å². The predicted molar refractivity (Wildman–Crippen MR) is 82.8 cm³/mol. The number of rotatable bonds is 8. The van der Waals surface area contributed by atoms with E-state index < -0.39 is 0 Å². The van der Waals surface area contributed by atoms with Gasteiger partial charge in [-0.3, -0.25) is 0 Å². The second kappa shape index (κ2) is 9.01. The highest BCUT2D eigenvalue weighted by atomic mass is 79.9. The Morgan fingerprint density at radius 1 is 1.29 bits per heavy atom. The zero-order chi connectivity index (χ0) is 12.5. The maximum Gasteiger partial charge on any atom is 0.0292 e. The third kappa shape index (κ3) is 6.49. The molecule has 0 aliphatic heterocycles. The zero-order valence-corrected chi connectivity index (χ0v) is 13.1. The van der Waals surface area contributed by atoms with Crippen LogP contribution >= 0.6 is 27.7 Å². The van der Waals surface area contributed by atoms with E-state index in [2.05, 4.69) is 58.7 Å². The predicted octanol–water partition coefficient (Wildman–Crippen LogP) is 4.63. The Balaban J connectivity index is 2.19. The summed E-state index contributed by atoms with van der Waals surface area (Å²) in [6, 6.07) is 8.96. The monoisotopic (exact) mass is 315 g/mol. The van der Waals surface area contributed by atoms with Gasteiger partial charge < -0.3 is 5.32 Å². The highest BCUT2D eigenvalue weighted by Gasteiger charge is 2.03. The number of hydrogen-bond donors (Lipinski definition) is 1. The van der Waals surface area contributed by atoms with Gasteiger partial charge in [-0.05, 0) is 56.0 Å². The van der Waals surface area contributed by atoms with Crippen LogP contribution in [0.15, 0.2) is 28.7 Å². The molecule has 0 aliphatic rings. The second-order valence-corrected chi connectivity index (χ2v) is 6.19. The first-order chi connectivity index (χ1) is 8.24. The molecule has 1 N–H and O–H groups in total. The van der Waals surface area contributed by atoms with Crippen molar-refractivity contribution in [2.45, 2.75) is 32.2 Å². The highest BCUT2D eigenvalue weighted by molar-refractivity contribution is 9.10. The van der Waals surface area contributed by atoms with Gasteiger partial charge in [-0.25, -0.2) is 0 Å². The lowest BCUT2D eigenvalue weighted by molar-refractivity contribution is 0.544. The van der Waals surface area contributed by atoms with E-state index in [4.69, 9.17) is 0 Å². The molecule has 0 aromatic heterocycles. The first-order valence-corrected chi connectivity index (χ1v) is 8.40. The summed E-state index contributed by atoms with van der Waals surface area (Å²) in [6.07, 6.45) is 6.12. The number of thioether (sulfide) groups is 1. The van der Waals surface area contributed by atoms with E-state index in [0.29, 0.717) is 6.04 Å². The Labute approximate surface area is 118 Å². The molecule has 1 aromatic carbocycles. The molecule has 1 aromatic rings. The van der Waals surface area contributed by atoms with E-state index in [1.165, 1.54) is 30.6 Å². The average Bonchev–Trinajstić information content (AvgIpc) is 2.33. The van der Waals surface area contributed by atoms with Gasteiger partial charge in [0, 0.05) is 10.5 Å². The Hall–Kier alpha value is 0.01000. The van der Waals surface area contributed by atoms with Crippen LogP contribution in [0, 0.1) is 0 Å². The van der Waals surface area contributed by atoms with Crippen LogP contribution in [0.5, 0.6) is 0 Å². The minimum Gasteiger partial charge on any atom is -0.310 e. The molecule has 96 valence electrons. The smallest absolute Gasteiger partial charge is 0.0292 e. The fourth-order valence-electron chi connectivity index (χ4n) is 1.76. The van der Waals surface area contributed by atoms with Gasteiger partial charge in [0.15, 0.2) is 0 Å². The maximum atomic E-state index is 3.58. The van der Waals surface area contributed by atoms with Crippen molar-refractivity contribution in [1.82, 2.24) is 5.32 Å². The minimum absolute atomic E-state index is 0.438. The normalized spacial score (nSPS) is 12.6. The molecular weight excluding hydrogens is 294 g/mol. The van der Waals surface area contributed by atoms with Crippen molar-refractivity contribution in [3.8, 4) is 0 Å². The van der Waals surface area contributed by atoms with Gasteiger partial charge in [-0.1, -0.05) is 34.5 Å². The molecule has 3 heteroatoms. The first kappa shape index (κ1) is 15.1. The lowest BCUT2D eigenvalue weighted by Crippen LogP contribution is -2.19. The van der Waals surface area contributed by atoms with Crippen molar-refractivity contribution < 1.29 is 0 Å². The lowest BCUT2D eigenvalue weighted by atomic mass is 10.1. The summed E-state index contributed by atoms with van der Waals surface area (Å²) in [6.45, 7) is 3.34. The van der Waals surface area contributed by atoms with E-state index in [9.17, 15) is 0 Å². The Bertz CT molecular complexity index is 317. The topological polar surface area (TPSA) is 12.0 Å². The Morgan fingerprint density at radius 3 is 2.82 bits per heavy atom. The van der Waals surface area contributed by atoms with E-state index in [0.717, 1.165) is 11.0 Å². The molecule has 0 fully saturated rings. The van der Waals surface area contributed by atoms with Crippen LogP contribution in [-0.2, 0) is 0 Å². The Kier molecular flexibility index (Phi) is 7.99. The van der Waals surface area contributed by atoms with Gasteiger partial charge in [0.05, 0.1) is 0 Å². The van der Waals surface area contributed by atoms with Gasteiger partial charge >= 0.3 is 0 Å². The molecule has 0 spiro atoms. The van der Waals surface area contributed by atoms with Crippen molar-refractivity contribution in [3.63, 3.8) is 0 Å². The third-order valence-corrected chi connectivity index (χ3v) is 4.01.